The van der Waals surface area contributed by atoms with Gasteiger partial charge in [-0.3, -0.25) is 0 Å². The topological polar surface area (TPSA) is 26.0 Å². The van der Waals surface area contributed by atoms with Crippen molar-refractivity contribution < 1.29 is 0 Å². The summed E-state index contributed by atoms with van der Waals surface area (Å²) in [6.07, 6.45) is 2.55. The van der Waals surface area contributed by atoms with Crippen LogP contribution in [0.1, 0.15) is 25.3 Å². The van der Waals surface area contributed by atoms with Crippen LogP contribution in [0.25, 0.3) is 0 Å². The smallest absolute Gasteiger partial charge is 0.0361 e. The zero-order chi connectivity index (χ0) is 10.9. The predicted octanol–water partition coefficient (Wildman–Crippen LogP) is 3.21. The van der Waals surface area contributed by atoms with Crippen molar-refractivity contribution in [2.75, 3.05) is 6.54 Å². The molecule has 2 N–H and O–H groups in total. The van der Waals surface area contributed by atoms with Gasteiger partial charge >= 0.3 is 0 Å². The summed E-state index contributed by atoms with van der Waals surface area (Å²) in [6, 6.07) is 8.72. The third-order valence-corrected chi connectivity index (χ3v) is 4.89. The summed E-state index contributed by atoms with van der Waals surface area (Å²) in [7, 11) is 0. The monoisotopic (exact) mass is 221 g/mol. The molecule has 0 bridgehead atoms. The molecule has 2 unspecified atom stereocenters. The van der Waals surface area contributed by atoms with Crippen LogP contribution in [-0.4, -0.2) is 11.3 Å². The number of nitrogens with two attached hydrogens (primary N) is 1. The van der Waals surface area contributed by atoms with Gasteiger partial charge in [0.2, 0.25) is 0 Å². The number of aryl methyl sites for hydroxylation is 1. The van der Waals surface area contributed by atoms with Gasteiger partial charge in [0.15, 0.2) is 0 Å². The highest BCUT2D eigenvalue weighted by atomic mass is 32.2. The first-order chi connectivity index (χ1) is 7.20. The second-order valence-electron chi connectivity index (χ2n) is 4.50. The maximum Gasteiger partial charge on any atom is 0.0361 e. The molecule has 15 heavy (non-hydrogen) atoms. The summed E-state index contributed by atoms with van der Waals surface area (Å²) in [5.41, 5.74) is 7.23. The quantitative estimate of drug-likeness (QED) is 0.845. The first-order valence-corrected chi connectivity index (χ1v) is 6.47. The number of hydrogen-bond donors (Lipinski definition) is 1. The van der Waals surface area contributed by atoms with Crippen molar-refractivity contribution in [3.63, 3.8) is 0 Å². The molecule has 0 amide bonds. The highest BCUT2D eigenvalue weighted by Gasteiger charge is 2.52. The van der Waals surface area contributed by atoms with Crippen LogP contribution in [0.3, 0.4) is 0 Å². The van der Waals surface area contributed by atoms with Crippen molar-refractivity contribution >= 4 is 11.8 Å². The van der Waals surface area contributed by atoms with Crippen molar-refractivity contribution in [2.24, 2.45) is 11.7 Å². The van der Waals surface area contributed by atoms with Gasteiger partial charge in [0.1, 0.15) is 0 Å². The molecular formula is C13H19NS. The Balaban J connectivity index is 2.08. The Morgan fingerprint density at radius 3 is 2.87 bits per heavy atom. The van der Waals surface area contributed by atoms with Crippen molar-refractivity contribution in [3.05, 3.63) is 29.8 Å². The lowest BCUT2D eigenvalue weighted by Gasteiger charge is -2.14. The first-order valence-electron chi connectivity index (χ1n) is 5.66. The molecule has 0 spiro atoms. The number of hydrogen-bond acceptors (Lipinski definition) is 2. The van der Waals surface area contributed by atoms with Crippen molar-refractivity contribution in [2.45, 2.75) is 36.3 Å². The van der Waals surface area contributed by atoms with E-state index in [0.29, 0.717) is 4.75 Å². The van der Waals surface area contributed by atoms with E-state index in [2.05, 4.69) is 38.1 Å². The van der Waals surface area contributed by atoms with Gasteiger partial charge in [-0.1, -0.05) is 31.0 Å². The summed E-state index contributed by atoms with van der Waals surface area (Å²) >= 11 is 1.98. The van der Waals surface area contributed by atoms with E-state index in [0.717, 1.165) is 12.5 Å². The largest absolute Gasteiger partial charge is 0.329 e. The van der Waals surface area contributed by atoms with Crippen molar-refractivity contribution in [1.82, 2.24) is 0 Å². The highest BCUT2D eigenvalue weighted by molar-refractivity contribution is 8.01. The van der Waals surface area contributed by atoms with E-state index in [-0.39, 0.29) is 0 Å². The second-order valence-corrected chi connectivity index (χ2v) is 5.99. The van der Waals surface area contributed by atoms with Gasteiger partial charge in [-0.15, -0.1) is 11.8 Å². The Hall–Kier alpha value is -0.470. The van der Waals surface area contributed by atoms with Gasteiger partial charge in [-0.05, 0) is 31.4 Å². The molecule has 0 saturated heterocycles. The SMILES string of the molecule is CCC1CC1(CN)Sc1cccc(C)c1. The maximum absolute atomic E-state index is 5.90. The minimum absolute atomic E-state index is 0.350. The van der Waals surface area contributed by atoms with E-state index >= 15 is 0 Å². The molecule has 82 valence electrons. The molecule has 1 aromatic carbocycles. The summed E-state index contributed by atoms with van der Waals surface area (Å²) < 4.78 is 0.350. The van der Waals surface area contributed by atoms with Gasteiger partial charge in [0.25, 0.3) is 0 Å². The van der Waals surface area contributed by atoms with E-state index in [1.165, 1.54) is 23.3 Å². The molecule has 2 atom stereocenters. The fraction of sp³-hybridized carbons (Fsp3) is 0.538. The fourth-order valence-corrected chi connectivity index (χ4v) is 3.77. The zero-order valence-corrected chi connectivity index (χ0v) is 10.3. The average Bonchev–Trinajstić information content (AvgIpc) is 2.92. The fourth-order valence-electron chi connectivity index (χ4n) is 2.20. The number of benzene rings is 1. The lowest BCUT2D eigenvalue weighted by Crippen LogP contribution is -2.20. The van der Waals surface area contributed by atoms with Gasteiger partial charge in [-0.25, -0.2) is 0 Å². The lowest BCUT2D eigenvalue weighted by molar-refractivity contribution is 0.718. The van der Waals surface area contributed by atoms with Crippen LogP contribution in [0.4, 0.5) is 0 Å². The normalized spacial score (nSPS) is 29.1. The molecule has 0 heterocycles. The molecule has 0 aromatic heterocycles. The van der Waals surface area contributed by atoms with E-state index in [9.17, 15) is 0 Å². The van der Waals surface area contributed by atoms with Crippen LogP contribution in [-0.2, 0) is 0 Å². The second kappa shape index (κ2) is 4.18. The standard InChI is InChI=1S/C13H19NS/c1-3-11-8-13(11,9-14)15-12-6-4-5-10(2)7-12/h4-7,11H,3,8-9,14H2,1-2H3. The molecule has 1 aromatic rings. The van der Waals surface area contributed by atoms with Crippen LogP contribution in [0, 0.1) is 12.8 Å². The van der Waals surface area contributed by atoms with Crippen molar-refractivity contribution in [3.8, 4) is 0 Å². The Bertz CT molecular complexity index is 350. The first kappa shape index (κ1) is 11.0. The van der Waals surface area contributed by atoms with E-state index in [1.807, 2.05) is 11.8 Å². The minimum Gasteiger partial charge on any atom is -0.329 e. The Morgan fingerprint density at radius 1 is 1.53 bits per heavy atom. The average molecular weight is 221 g/mol. The molecule has 1 nitrogen and oxygen atoms in total. The van der Waals surface area contributed by atoms with Crippen LogP contribution in [0.15, 0.2) is 29.2 Å². The summed E-state index contributed by atoms with van der Waals surface area (Å²) in [6.45, 7) is 5.21. The Labute approximate surface area is 96.4 Å². The predicted molar refractivity (Wildman–Crippen MR) is 67.2 cm³/mol. The molecule has 1 saturated carbocycles. The third-order valence-electron chi connectivity index (χ3n) is 3.32. The van der Waals surface area contributed by atoms with Crippen LogP contribution in [0.2, 0.25) is 0 Å². The number of rotatable bonds is 4. The van der Waals surface area contributed by atoms with Gasteiger partial charge in [-0.2, -0.15) is 0 Å². The molecule has 0 aliphatic heterocycles. The lowest BCUT2D eigenvalue weighted by atomic mass is 10.2. The Kier molecular flexibility index (Phi) is 3.08. The van der Waals surface area contributed by atoms with Gasteiger partial charge < -0.3 is 5.73 Å². The summed E-state index contributed by atoms with van der Waals surface area (Å²) in [5.74, 6) is 0.827. The number of thioether (sulfide) groups is 1. The zero-order valence-electron chi connectivity index (χ0n) is 9.49. The van der Waals surface area contributed by atoms with Crippen LogP contribution in [0.5, 0.6) is 0 Å². The van der Waals surface area contributed by atoms with Gasteiger partial charge in [0.05, 0.1) is 0 Å². The molecule has 2 rings (SSSR count). The molecule has 1 aliphatic carbocycles. The third kappa shape index (κ3) is 2.21. The molecule has 1 fully saturated rings. The summed E-state index contributed by atoms with van der Waals surface area (Å²) in [4.78, 5) is 1.37. The van der Waals surface area contributed by atoms with Crippen LogP contribution < -0.4 is 5.73 Å². The molecule has 2 heteroatoms. The summed E-state index contributed by atoms with van der Waals surface area (Å²) in [5, 5.41) is 0. The molecule has 0 radical (unpaired) electrons. The molecule has 1 aliphatic rings. The minimum atomic E-state index is 0.350. The van der Waals surface area contributed by atoms with E-state index in [1.54, 1.807) is 0 Å². The van der Waals surface area contributed by atoms with E-state index < -0.39 is 0 Å². The van der Waals surface area contributed by atoms with Crippen LogP contribution >= 0.6 is 11.8 Å². The molecular weight excluding hydrogens is 202 g/mol. The highest BCUT2D eigenvalue weighted by Crippen LogP contribution is 2.57. The Morgan fingerprint density at radius 2 is 2.33 bits per heavy atom. The maximum atomic E-state index is 5.90. The van der Waals surface area contributed by atoms with E-state index in [4.69, 9.17) is 5.73 Å². The van der Waals surface area contributed by atoms with Crippen molar-refractivity contribution in [1.29, 1.82) is 0 Å². The van der Waals surface area contributed by atoms with Gasteiger partial charge in [0, 0.05) is 16.2 Å².